The number of amides is 4. The fraction of sp³-hybridized carbons (Fsp3) is 0.400. The highest BCUT2D eigenvalue weighted by Gasteiger charge is 2.17. The highest BCUT2D eigenvalue weighted by Crippen LogP contribution is 2.09. The van der Waals surface area contributed by atoms with Crippen molar-refractivity contribution in [2.75, 3.05) is 11.9 Å². The molecule has 0 bridgehead atoms. The summed E-state index contributed by atoms with van der Waals surface area (Å²) in [6, 6.07) is 5.64. The number of halogens is 1. The van der Waals surface area contributed by atoms with Gasteiger partial charge in [-0.1, -0.05) is 26.0 Å². The Morgan fingerprint density at radius 2 is 1.67 bits per heavy atom. The Balaban J connectivity index is 0.00000529. The Morgan fingerprint density at radius 3 is 2.17 bits per heavy atom. The van der Waals surface area contributed by atoms with Crippen LogP contribution in [0, 0.1) is 5.92 Å². The van der Waals surface area contributed by atoms with Crippen LogP contribution in [0.15, 0.2) is 24.3 Å². The van der Waals surface area contributed by atoms with E-state index < -0.39 is 12.1 Å². The minimum Gasteiger partial charge on any atom is -0.352 e. The van der Waals surface area contributed by atoms with E-state index >= 15 is 0 Å². The van der Waals surface area contributed by atoms with Gasteiger partial charge in [0, 0.05) is 12.2 Å². The average Bonchev–Trinajstić information content (AvgIpc) is 2.51. The van der Waals surface area contributed by atoms with Crippen LogP contribution in [-0.2, 0) is 16.1 Å². The molecule has 0 saturated heterocycles. The van der Waals surface area contributed by atoms with E-state index in [-0.39, 0.29) is 36.7 Å². The lowest BCUT2D eigenvalue weighted by atomic mass is 10.1. The van der Waals surface area contributed by atoms with Gasteiger partial charge in [0.05, 0.1) is 12.6 Å². The number of benzene rings is 1. The number of nitrogens with two attached hydrogens (primary N) is 2. The Hall–Kier alpha value is -2.32. The molecule has 9 heteroatoms. The van der Waals surface area contributed by atoms with E-state index in [2.05, 4.69) is 16.0 Å². The van der Waals surface area contributed by atoms with Gasteiger partial charge in [-0.25, -0.2) is 4.79 Å². The van der Waals surface area contributed by atoms with Gasteiger partial charge >= 0.3 is 6.03 Å². The maximum Gasteiger partial charge on any atom is 0.312 e. The number of rotatable bonds is 7. The second kappa shape index (κ2) is 10.5. The van der Waals surface area contributed by atoms with E-state index in [9.17, 15) is 14.4 Å². The molecule has 0 unspecified atom stereocenters. The number of nitrogens with one attached hydrogen (secondary N) is 3. The number of urea groups is 1. The molecule has 1 rings (SSSR count). The normalized spacial score (nSPS) is 11.2. The Morgan fingerprint density at radius 1 is 1.08 bits per heavy atom. The first-order chi connectivity index (χ1) is 10.8. The second-order valence-electron chi connectivity index (χ2n) is 5.45. The zero-order valence-electron chi connectivity index (χ0n) is 13.7. The lowest BCUT2D eigenvalue weighted by Gasteiger charge is -2.15. The van der Waals surface area contributed by atoms with Gasteiger partial charge in [0.15, 0.2) is 0 Å². The molecule has 0 aliphatic carbocycles. The van der Waals surface area contributed by atoms with E-state index in [4.69, 9.17) is 11.5 Å². The monoisotopic (exact) mass is 357 g/mol. The van der Waals surface area contributed by atoms with Crippen molar-refractivity contribution in [2.45, 2.75) is 26.4 Å². The van der Waals surface area contributed by atoms with Crippen LogP contribution in [-0.4, -0.2) is 30.4 Å². The maximum absolute atomic E-state index is 11.8. The SMILES string of the molecule is CC(C)[C@H](N)C(=O)NCC(=O)Nc1ccc(CNC(N)=O)cc1.Cl. The number of anilines is 1. The third-order valence-electron chi connectivity index (χ3n) is 3.15. The van der Waals surface area contributed by atoms with Crippen LogP contribution in [0.2, 0.25) is 0 Å². The zero-order valence-corrected chi connectivity index (χ0v) is 14.5. The van der Waals surface area contributed by atoms with E-state index in [0.717, 1.165) is 5.56 Å². The quantitative estimate of drug-likeness (QED) is 0.479. The molecule has 7 N–H and O–H groups in total. The molecule has 0 heterocycles. The van der Waals surface area contributed by atoms with Crippen molar-refractivity contribution in [3.05, 3.63) is 29.8 Å². The number of hydrogen-bond donors (Lipinski definition) is 5. The van der Waals surface area contributed by atoms with Crippen molar-refractivity contribution in [1.29, 1.82) is 0 Å². The van der Waals surface area contributed by atoms with Gasteiger partial charge in [-0.15, -0.1) is 12.4 Å². The second-order valence-corrected chi connectivity index (χ2v) is 5.45. The smallest absolute Gasteiger partial charge is 0.312 e. The van der Waals surface area contributed by atoms with Crippen molar-refractivity contribution in [3.8, 4) is 0 Å². The molecule has 0 spiro atoms. The molecule has 0 aromatic heterocycles. The minimum atomic E-state index is -0.639. The van der Waals surface area contributed by atoms with E-state index in [1.807, 2.05) is 13.8 Å². The standard InChI is InChI=1S/C15H23N5O3.ClH/c1-9(2)13(16)14(22)18-8-12(21)20-11-5-3-10(4-6-11)7-19-15(17)23;/h3-6,9,13H,7-8,16H2,1-2H3,(H,18,22)(H,20,21)(H3,17,19,23);1H/t13-;/m0./s1. The summed E-state index contributed by atoms with van der Waals surface area (Å²) >= 11 is 0. The maximum atomic E-state index is 11.8. The van der Waals surface area contributed by atoms with Gasteiger partial charge in [0.1, 0.15) is 0 Å². The Labute approximate surface area is 147 Å². The molecule has 0 aliphatic heterocycles. The van der Waals surface area contributed by atoms with Gasteiger partial charge in [-0.05, 0) is 23.6 Å². The first kappa shape index (κ1) is 21.7. The predicted molar refractivity (Wildman–Crippen MR) is 94.6 cm³/mol. The van der Waals surface area contributed by atoms with Gasteiger partial charge in [-0.2, -0.15) is 0 Å². The van der Waals surface area contributed by atoms with Crippen LogP contribution in [0.5, 0.6) is 0 Å². The first-order valence-electron chi connectivity index (χ1n) is 7.25. The third-order valence-corrected chi connectivity index (χ3v) is 3.15. The van der Waals surface area contributed by atoms with Crippen LogP contribution in [0.4, 0.5) is 10.5 Å². The molecular weight excluding hydrogens is 334 g/mol. The van der Waals surface area contributed by atoms with E-state index in [0.29, 0.717) is 12.2 Å². The zero-order chi connectivity index (χ0) is 17.4. The van der Waals surface area contributed by atoms with E-state index in [1.54, 1.807) is 24.3 Å². The summed E-state index contributed by atoms with van der Waals surface area (Å²) in [5.41, 5.74) is 12.1. The molecule has 0 saturated carbocycles. The topological polar surface area (TPSA) is 139 Å². The molecule has 0 aliphatic rings. The Bertz CT molecular complexity index is 563. The Kier molecular flexibility index (Phi) is 9.44. The number of primary amides is 1. The van der Waals surface area contributed by atoms with Crippen molar-refractivity contribution < 1.29 is 14.4 Å². The summed E-state index contributed by atoms with van der Waals surface area (Å²) in [6.45, 7) is 3.83. The van der Waals surface area contributed by atoms with Crippen LogP contribution >= 0.6 is 12.4 Å². The molecule has 134 valence electrons. The minimum absolute atomic E-state index is 0. The summed E-state index contributed by atoms with van der Waals surface area (Å²) in [6.07, 6.45) is 0. The molecule has 1 aromatic carbocycles. The van der Waals surface area contributed by atoms with Crippen LogP contribution in [0.1, 0.15) is 19.4 Å². The lowest BCUT2D eigenvalue weighted by molar-refractivity contribution is -0.125. The highest BCUT2D eigenvalue weighted by atomic mass is 35.5. The third kappa shape index (κ3) is 7.80. The van der Waals surface area contributed by atoms with Crippen LogP contribution in [0.3, 0.4) is 0 Å². The van der Waals surface area contributed by atoms with Gasteiger partial charge in [0.2, 0.25) is 11.8 Å². The van der Waals surface area contributed by atoms with Crippen molar-refractivity contribution in [1.82, 2.24) is 10.6 Å². The van der Waals surface area contributed by atoms with Crippen LogP contribution in [0.25, 0.3) is 0 Å². The molecular formula is C15H24ClN5O3. The predicted octanol–water partition coefficient (Wildman–Crippen LogP) is 0.315. The number of carbonyl (C=O) groups is 3. The van der Waals surface area contributed by atoms with Crippen LogP contribution < -0.4 is 27.4 Å². The fourth-order valence-electron chi connectivity index (χ4n) is 1.69. The summed E-state index contributed by atoms with van der Waals surface area (Å²) in [7, 11) is 0. The molecule has 1 aromatic rings. The van der Waals surface area contributed by atoms with Crippen molar-refractivity contribution >= 4 is 35.9 Å². The number of hydrogen-bond acceptors (Lipinski definition) is 4. The van der Waals surface area contributed by atoms with Gasteiger partial charge < -0.3 is 27.4 Å². The molecule has 0 radical (unpaired) electrons. The van der Waals surface area contributed by atoms with Crippen molar-refractivity contribution in [2.24, 2.45) is 17.4 Å². The largest absolute Gasteiger partial charge is 0.352 e. The fourth-order valence-corrected chi connectivity index (χ4v) is 1.69. The highest BCUT2D eigenvalue weighted by molar-refractivity contribution is 5.95. The number of carbonyl (C=O) groups excluding carboxylic acids is 3. The first-order valence-corrected chi connectivity index (χ1v) is 7.25. The molecule has 24 heavy (non-hydrogen) atoms. The summed E-state index contributed by atoms with van der Waals surface area (Å²) in [5, 5.41) is 7.61. The van der Waals surface area contributed by atoms with Gasteiger partial charge in [0.25, 0.3) is 0 Å². The lowest BCUT2D eigenvalue weighted by Crippen LogP contribution is -2.46. The molecule has 4 amide bonds. The molecule has 1 atom stereocenters. The summed E-state index contributed by atoms with van der Waals surface area (Å²) < 4.78 is 0. The van der Waals surface area contributed by atoms with Crippen molar-refractivity contribution in [3.63, 3.8) is 0 Å². The molecule has 8 nitrogen and oxygen atoms in total. The molecule has 0 fully saturated rings. The average molecular weight is 358 g/mol. The van der Waals surface area contributed by atoms with E-state index in [1.165, 1.54) is 0 Å². The summed E-state index contributed by atoms with van der Waals surface area (Å²) in [4.78, 5) is 34.0. The van der Waals surface area contributed by atoms with Gasteiger partial charge in [-0.3, -0.25) is 9.59 Å². The summed E-state index contributed by atoms with van der Waals surface area (Å²) in [5.74, 6) is -0.708.